The molecule has 0 spiro atoms. The highest BCUT2D eigenvalue weighted by atomic mass is 16.4. The zero-order valence-corrected chi connectivity index (χ0v) is 14.4. The van der Waals surface area contributed by atoms with Crippen LogP contribution in [-0.4, -0.2) is 31.5 Å². The molecule has 0 saturated carbocycles. The molecule has 5 rings (SSSR count). The van der Waals surface area contributed by atoms with Crippen LogP contribution in [0.4, 0.5) is 0 Å². The second-order valence-electron chi connectivity index (χ2n) is 6.62. The summed E-state index contributed by atoms with van der Waals surface area (Å²) in [5.41, 5.74) is 2.66. The summed E-state index contributed by atoms with van der Waals surface area (Å²) in [6, 6.07) is 10.3. The Morgan fingerprint density at radius 3 is 3.00 bits per heavy atom. The van der Waals surface area contributed by atoms with Crippen molar-refractivity contribution in [2.45, 2.75) is 13.1 Å². The van der Waals surface area contributed by atoms with Crippen LogP contribution in [-0.2, 0) is 13.1 Å². The lowest BCUT2D eigenvalue weighted by atomic mass is 10.1. The zero-order valence-electron chi connectivity index (χ0n) is 14.4. The van der Waals surface area contributed by atoms with Gasteiger partial charge in [0.1, 0.15) is 16.9 Å². The normalized spacial score (nSPS) is 13.2. The molecule has 0 unspecified atom stereocenters. The van der Waals surface area contributed by atoms with Gasteiger partial charge in [-0.15, -0.1) is 0 Å². The van der Waals surface area contributed by atoms with Crippen molar-refractivity contribution in [2.24, 2.45) is 0 Å². The van der Waals surface area contributed by atoms with Gasteiger partial charge >= 0.3 is 5.97 Å². The largest absolute Gasteiger partial charge is 0.478 e. The summed E-state index contributed by atoms with van der Waals surface area (Å²) >= 11 is 0. The number of pyridine rings is 1. The minimum absolute atomic E-state index is 0.0750. The number of aromatic nitrogens is 2. The minimum Gasteiger partial charge on any atom is -0.478 e. The van der Waals surface area contributed by atoms with Gasteiger partial charge in [0.05, 0.1) is 35.5 Å². The standard InChI is InChI=1S/C20H12N4O4/c21-7-11-4-13-6-14(28-18(13)15(5-11)20(26)27)10-23-9-12-2-1-3-24-17(12)16(8-22-24)19(23)25/h1-6,8H,9-10H2,(H,26,27). The number of aromatic carboxylic acids is 1. The van der Waals surface area contributed by atoms with Gasteiger partial charge in [0.15, 0.2) is 0 Å². The number of nitrogens with zero attached hydrogens (tertiary/aromatic N) is 4. The lowest BCUT2D eigenvalue weighted by molar-refractivity contribution is 0.0690. The molecule has 0 atom stereocenters. The number of fused-ring (bicyclic) bond motifs is 1. The Hall–Kier alpha value is -4.12. The molecular formula is C20H12N4O4. The minimum atomic E-state index is -1.17. The summed E-state index contributed by atoms with van der Waals surface area (Å²) in [5, 5.41) is 23.3. The fourth-order valence-corrected chi connectivity index (χ4v) is 3.67. The topological polar surface area (TPSA) is 112 Å². The molecule has 3 aromatic heterocycles. The van der Waals surface area contributed by atoms with E-state index in [2.05, 4.69) is 5.10 Å². The number of benzene rings is 1. The van der Waals surface area contributed by atoms with E-state index in [4.69, 9.17) is 9.68 Å². The lowest BCUT2D eigenvalue weighted by Gasteiger charge is -2.25. The molecule has 1 aliphatic rings. The Morgan fingerprint density at radius 1 is 1.36 bits per heavy atom. The van der Waals surface area contributed by atoms with Crippen molar-refractivity contribution in [1.82, 2.24) is 14.5 Å². The Kier molecular flexibility index (Phi) is 3.27. The van der Waals surface area contributed by atoms with Gasteiger partial charge in [-0.25, -0.2) is 9.31 Å². The molecule has 0 radical (unpaired) electrons. The van der Waals surface area contributed by atoms with Crippen LogP contribution in [0.2, 0.25) is 0 Å². The quantitative estimate of drug-likeness (QED) is 0.592. The van der Waals surface area contributed by atoms with E-state index in [-0.39, 0.29) is 29.2 Å². The molecule has 0 fully saturated rings. The van der Waals surface area contributed by atoms with Gasteiger partial charge in [-0.05, 0) is 29.8 Å². The predicted octanol–water partition coefficient (Wildman–Crippen LogP) is 2.81. The van der Waals surface area contributed by atoms with E-state index in [0.717, 1.165) is 11.1 Å². The molecule has 0 aliphatic carbocycles. The van der Waals surface area contributed by atoms with Crippen LogP contribution in [0, 0.1) is 11.3 Å². The second-order valence-corrected chi connectivity index (χ2v) is 6.62. The smallest absolute Gasteiger partial charge is 0.339 e. The molecule has 1 amide bonds. The van der Waals surface area contributed by atoms with Crippen LogP contribution < -0.4 is 0 Å². The molecule has 0 saturated heterocycles. The van der Waals surface area contributed by atoms with E-state index in [1.165, 1.54) is 6.07 Å². The Bertz CT molecular complexity index is 1340. The lowest BCUT2D eigenvalue weighted by Crippen LogP contribution is -2.33. The zero-order chi connectivity index (χ0) is 19.4. The maximum Gasteiger partial charge on any atom is 0.339 e. The number of rotatable bonds is 3. The maximum atomic E-state index is 12.9. The molecule has 28 heavy (non-hydrogen) atoms. The van der Waals surface area contributed by atoms with Gasteiger partial charge in [0.25, 0.3) is 5.91 Å². The molecule has 1 N–H and O–H groups in total. The third-order valence-corrected chi connectivity index (χ3v) is 4.88. The fraction of sp³-hybridized carbons (Fsp3) is 0.100. The summed E-state index contributed by atoms with van der Waals surface area (Å²) in [6.45, 7) is 0.578. The van der Waals surface area contributed by atoms with E-state index in [1.54, 1.807) is 33.9 Å². The number of carbonyl (C=O) groups excluding carboxylic acids is 1. The second kappa shape index (κ2) is 5.69. The first kappa shape index (κ1) is 16.1. The van der Waals surface area contributed by atoms with E-state index in [1.807, 2.05) is 18.2 Å². The molecule has 8 nitrogen and oxygen atoms in total. The molecule has 1 aromatic carbocycles. The van der Waals surface area contributed by atoms with Crippen LogP contribution in [0.3, 0.4) is 0 Å². The summed E-state index contributed by atoms with van der Waals surface area (Å²) < 4.78 is 7.43. The number of carboxylic acids is 1. The molecule has 136 valence electrons. The van der Waals surface area contributed by atoms with Crippen molar-refractivity contribution >= 4 is 28.4 Å². The number of carbonyl (C=O) groups is 2. The van der Waals surface area contributed by atoms with Crippen molar-refractivity contribution in [3.63, 3.8) is 0 Å². The van der Waals surface area contributed by atoms with Gasteiger partial charge in [-0.1, -0.05) is 6.07 Å². The third kappa shape index (κ3) is 2.27. The first-order chi connectivity index (χ1) is 13.5. The Balaban J connectivity index is 1.54. The van der Waals surface area contributed by atoms with Gasteiger partial charge in [0, 0.05) is 18.1 Å². The van der Waals surface area contributed by atoms with Crippen LogP contribution in [0.1, 0.15) is 37.6 Å². The Morgan fingerprint density at radius 2 is 2.21 bits per heavy atom. The fourth-order valence-electron chi connectivity index (χ4n) is 3.67. The van der Waals surface area contributed by atoms with Gasteiger partial charge in [0.2, 0.25) is 0 Å². The Labute approximate surface area is 157 Å². The third-order valence-electron chi connectivity index (χ3n) is 4.88. The van der Waals surface area contributed by atoms with Crippen molar-refractivity contribution in [3.05, 3.63) is 70.7 Å². The van der Waals surface area contributed by atoms with E-state index >= 15 is 0 Å². The van der Waals surface area contributed by atoms with Crippen molar-refractivity contribution in [3.8, 4) is 6.07 Å². The molecule has 0 bridgehead atoms. The molecular weight excluding hydrogens is 360 g/mol. The number of nitriles is 1. The first-order valence-corrected chi connectivity index (χ1v) is 8.49. The SMILES string of the molecule is N#Cc1cc(C(=O)O)c2oc(CN3Cc4cccn5ncc(c45)C3=O)cc2c1. The maximum absolute atomic E-state index is 12.9. The number of carboxylic acid groups (broad SMARTS) is 1. The summed E-state index contributed by atoms with van der Waals surface area (Å²) in [7, 11) is 0. The number of hydrogen-bond acceptors (Lipinski definition) is 5. The highest BCUT2D eigenvalue weighted by Crippen LogP contribution is 2.29. The van der Waals surface area contributed by atoms with Gasteiger partial charge in [-0.3, -0.25) is 4.79 Å². The van der Waals surface area contributed by atoms with Gasteiger partial charge in [-0.2, -0.15) is 10.4 Å². The number of furan rings is 1. The molecule has 8 heteroatoms. The van der Waals surface area contributed by atoms with Crippen molar-refractivity contribution in [1.29, 1.82) is 5.26 Å². The summed E-state index contributed by atoms with van der Waals surface area (Å²) in [4.78, 5) is 26.0. The van der Waals surface area contributed by atoms with E-state index in [0.29, 0.717) is 23.3 Å². The highest BCUT2D eigenvalue weighted by Gasteiger charge is 2.28. The molecule has 1 aliphatic heterocycles. The van der Waals surface area contributed by atoms with Gasteiger partial charge < -0.3 is 14.4 Å². The van der Waals surface area contributed by atoms with Crippen LogP contribution in [0.15, 0.2) is 47.1 Å². The van der Waals surface area contributed by atoms with Crippen molar-refractivity contribution in [2.75, 3.05) is 0 Å². The van der Waals surface area contributed by atoms with Crippen LogP contribution in [0.5, 0.6) is 0 Å². The average molecular weight is 372 g/mol. The van der Waals surface area contributed by atoms with E-state index in [9.17, 15) is 14.7 Å². The molecule has 4 heterocycles. The van der Waals surface area contributed by atoms with Crippen LogP contribution >= 0.6 is 0 Å². The monoisotopic (exact) mass is 372 g/mol. The summed E-state index contributed by atoms with van der Waals surface area (Å²) in [5.74, 6) is -0.887. The van der Waals surface area contributed by atoms with Crippen LogP contribution in [0.25, 0.3) is 16.5 Å². The predicted molar refractivity (Wildman–Crippen MR) is 96.7 cm³/mol. The average Bonchev–Trinajstić information content (AvgIpc) is 3.29. The first-order valence-electron chi connectivity index (χ1n) is 8.49. The van der Waals surface area contributed by atoms with Crippen molar-refractivity contribution < 1.29 is 19.1 Å². The van der Waals surface area contributed by atoms with E-state index < -0.39 is 5.97 Å². The summed E-state index contributed by atoms with van der Waals surface area (Å²) in [6.07, 6.45) is 3.35. The highest BCUT2D eigenvalue weighted by molar-refractivity contribution is 6.03. The molecule has 4 aromatic rings. The number of amides is 1. The number of hydrogen-bond donors (Lipinski definition) is 1.